The Kier molecular flexibility index (Phi) is 4.15. The third-order valence-electron chi connectivity index (χ3n) is 4.00. The highest BCUT2D eigenvalue weighted by atomic mass is 16.4. The molecule has 20 heavy (non-hydrogen) atoms. The van der Waals surface area contributed by atoms with Crippen LogP contribution in [0.5, 0.6) is 0 Å². The summed E-state index contributed by atoms with van der Waals surface area (Å²) in [4.78, 5) is 20.1. The molecular formula is C14H24N4O2. The monoisotopic (exact) mass is 280 g/mol. The fourth-order valence-corrected chi connectivity index (χ4v) is 2.75. The van der Waals surface area contributed by atoms with Gasteiger partial charge in [0.1, 0.15) is 0 Å². The molecule has 1 aliphatic heterocycles. The molecule has 1 atom stereocenters. The van der Waals surface area contributed by atoms with Crippen LogP contribution in [0.3, 0.4) is 0 Å². The van der Waals surface area contributed by atoms with Crippen molar-refractivity contribution >= 4 is 5.97 Å². The fourth-order valence-electron chi connectivity index (χ4n) is 2.75. The number of carboxylic acids is 1. The standard InChI is InChI=1S/C14H24N4O2/c1-14(2,3)18-7-5-17(6-8-18)12(13(19)20)11-9-15-10-16(11)4/h9-10,12H,5-8H2,1-4H3,(H,19,20). The molecule has 1 aromatic rings. The Morgan fingerprint density at radius 1 is 1.30 bits per heavy atom. The summed E-state index contributed by atoms with van der Waals surface area (Å²) in [5.41, 5.74) is 0.874. The summed E-state index contributed by atoms with van der Waals surface area (Å²) in [6.45, 7) is 9.89. The van der Waals surface area contributed by atoms with Crippen LogP contribution < -0.4 is 0 Å². The zero-order valence-corrected chi connectivity index (χ0v) is 12.7. The summed E-state index contributed by atoms with van der Waals surface area (Å²) in [5.74, 6) is -0.808. The van der Waals surface area contributed by atoms with Crippen molar-refractivity contribution in [2.24, 2.45) is 7.05 Å². The molecule has 6 nitrogen and oxygen atoms in total. The van der Waals surface area contributed by atoms with E-state index in [1.807, 2.05) is 11.9 Å². The number of rotatable bonds is 3. The number of aliphatic carboxylic acids is 1. The van der Waals surface area contributed by atoms with Crippen LogP contribution in [-0.4, -0.2) is 62.1 Å². The Balaban J connectivity index is 2.11. The lowest BCUT2D eigenvalue weighted by Gasteiger charge is -2.43. The molecule has 1 N–H and O–H groups in total. The van der Waals surface area contributed by atoms with Crippen LogP contribution in [-0.2, 0) is 11.8 Å². The lowest BCUT2D eigenvalue weighted by Crippen LogP contribution is -2.55. The molecule has 0 bridgehead atoms. The molecule has 1 saturated heterocycles. The summed E-state index contributed by atoms with van der Waals surface area (Å²) >= 11 is 0. The lowest BCUT2D eigenvalue weighted by atomic mass is 10.0. The van der Waals surface area contributed by atoms with Crippen LogP contribution in [0.15, 0.2) is 12.5 Å². The van der Waals surface area contributed by atoms with Crippen LogP contribution in [0.25, 0.3) is 0 Å². The van der Waals surface area contributed by atoms with E-state index >= 15 is 0 Å². The molecule has 0 amide bonds. The van der Waals surface area contributed by atoms with Crippen molar-refractivity contribution in [3.63, 3.8) is 0 Å². The zero-order chi connectivity index (χ0) is 14.9. The van der Waals surface area contributed by atoms with E-state index in [1.165, 1.54) is 0 Å². The number of hydrogen-bond donors (Lipinski definition) is 1. The zero-order valence-electron chi connectivity index (χ0n) is 12.7. The van der Waals surface area contributed by atoms with E-state index in [4.69, 9.17) is 0 Å². The first kappa shape index (κ1) is 15.0. The van der Waals surface area contributed by atoms with Crippen molar-refractivity contribution in [1.29, 1.82) is 0 Å². The Hall–Kier alpha value is -1.40. The molecule has 1 unspecified atom stereocenters. The predicted octanol–water partition coefficient (Wildman–Crippen LogP) is 0.962. The fraction of sp³-hybridized carbons (Fsp3) is 0.714. The Morgan fingerprint density at radius 2 is 1.90 bits per heavy atom. The van der Waals surface area contributed by atoms with Crippen molar-refractivity contribution in [3.8, 4) is 0 Å². The maximum absolute atomic E-state index is 11.6. The highest BCUT2D eigenvalue weighted by Crippen LogP contribution is 2.24. The van der Waals surface area contributed by atoms with Crippen LogP contribution in [0, 0.1) is 0 Å². The summed E-state index contributed by atoms with van der Waals surface area (Å²) in [6, 6.07) is -0.607. The minimum Gasteiger partial charge on any atom is -0.480 e. The van der Waals surface area contributed by atoms with Gasteiger partial charge in [0, 0.05) is 38.8 Å². The van der Waals surface area contributed by atoms with Crippen molar-refractivity contribution in [2.75, 3.05) is 26.2 Å². The van der Waals surface area contributed by atoms with Crippen molar-refractivity contribution in [2.45, 2.75) is 32.4 Å². The van der Waals surface area contributed by atoms with Gasteiger partial charge < -0.3 is 9.67 Å². The first-order valence-electron chi connectivity index (χ1n) is 6.99. The summed E-state index contributed by atoms with van der Waals surface area (Å²) in [5, 5.41) is 9.55. The van der Waals surface area contributed by atoms with Crippen LogP contribution in [0.4, 0.5) is 0 Å². The molecule has 1 fully saturated rings. The number of piperazine rings is 1. The summed E-state index contributed by atoms with van der Waals surface area (Å²) in [6.07, 6.45) is 3.30. The van der Waals surface area contributed by atoms with Gasteiger partial charge in [-0.1, -0.05) is 0 Å². The van der Waals surface area contributed by atoms with Gasteiger partial charge in [-0.25, -0.2) is 4.98 Å². The molecular weight excluding hydrogens is 256 g/mol. The molecule has 0 saturated carbocycles. The van der Waals surface area contributed by atoms with Crippen LogP contribution in [0.2, 0.25) is 0 Å². The van der Waals surface area contributed by atoms with Gasteiger partial charge in [-0.2, -0.15) is 0 Å². The SMILES string of the molecule is Cn1cncc1C(C(=O)O)N1CCN(C(C)(C)C)CC1. The van der Waals surface area contributed by atoms with Crippen LogP contribution >= 0.6 is 0 Å². The van der Waals surface area contributed by atoms with Gasteiger partial charge in [0.05, 0.1) is 18.2 Å². The molecule has 6 heteroatoms. The number of nitrogens with zero attached hydrogens (tertiary/aromatic N) is 4. The lowest BCUT2D eigenvalue weighted by molar-refractivity contribution is -0.145. The van der Waals surface area contributed by atoms with Gasteiger partial charge in [0.25, 0.3) is 0 Å². The molecule has 2 rings (SSSR count). The maximum atomic E-state index is 11.6. The van der Waals surface area contributed by atoms with Crippen molar-refractivity contribution < 1.29 is 9.90 Å². The van der Waals surface area contributed by atoms with Gasteiger partial charge >= 0.3 is 5.97 Å². The number of aryl methyl sites for hydroxylation is 1. The van der Waals surface area contributed by atoms with Gasteiger partial charge in [0.2, 0.25) is 0 Å². The third kappa shape index (κ3) is 3.02. The number of carboxylic acid groups (broad SMARTS) is 1. The molecule has 0 aromatic carbocycles. The van der Waals surface area contributed by atoms with E-state index in [2.05, 4.69) is 30.7 Å². The van der Waals surface area contributed by atoms with E-state index in [9.17, 15) is 9.90 Å². The average molecular weight is 280 g/mol. The van der Waals surface area contributed by atoms with E-state index in [0.29, 0.717) is 0 Å². The summed E-state index contributed by atoms with van der Waals surface area (Å²) < 4.78 is 1.79. The maximum Gasteiger partial charge on any atom is 0.327 e. The smallest absolute Gasteiger partial charge is 0.327 e. The second-order valence-electron chi connectivity index (χ2n) is 6.36. The van der Waals surface area contributed by atoms with Gasteiger partial charge in [-0.3, -0.25) is 14.6 Å². The number of imidazole rings is 1. The number of hydrogen-bond acceptors (Lipinski definition) is 4. The van der Waals surface area contributed by atoms with Crippen molar-refractivity contribution in [3.05, 3.63) is 18.2 Å². The van der Waals surface area contributed by atoms with E-state index in [1.54, 1.807) is 17.1 Å². The summed E-state index contributed by atoms with van der Waals surface area (Å²) in [7, 11) is 1.84. The Bertz CT molecular complexity index is 470. The largest absolute Gasteiger partial charge is 0.480 e. The molecule has 0 aliphatic carbocycles. The van der Waals surface area contributed by atoms with E-state index < -0.39 is 12.0 Å². The highest BCUT2D eigenvalue weighted by molar-refractivity contribution is 5.74. The van der Waals surface area contributed by atoms with Gasteiger partial charge in [-0.15, -0.1) is 0 Å². The molecule has 0 spiro atoms. The Labute approximate surface area is 120 Å². The molecule has 0 radical (unpaired) electrons. The quantitative estimate of drug-likeness (QED) is 0.893. The minimum atomic E-state index is -0.808. The predicted molar refractivity (Wildman–Crippen MR) is 76.5 cm³/mol. The van der Waals surface area contributed by atoms with E-state index in [0.717, 1.165) is 31.9 Å². The second-order valence-corrected chi connectivity index (χ2v) is 6.36. The minimum absolute atomic E-state index is 0.136. The first-order valence-corrected chi connectivity index (χ1v) is 6.99. The number of carbonyl (C=O) groups is 1. The molecule has 1 aromatic heterocycles. The second kappa shape index (κ2) is 5.54. The Morgan fingerprint density at radius 3 is 2.30 bits per heavy atom. The topological polar surface area (TPSA) is 61.6 Å². The van der Waals surface area contributed by atoms with E-state index in [-0.39, 0.29) is 5.54 Å². The molecule has 1 aliphatic rings. The number of aromatic nitrogens is 2. The van der Waals surface area contributed by atoms with Crippen LogP contribution in [0.1, 0.15) is 32.5 Å². The first-order chi connectivity index (χ1) is 9.30. The van der Waals surface area contributed by atoms with Gasteiger partial charge in [-0.05, 0) is 20.8 Å². The highest BCUT2D eigenvalue weighted by Gasteiger charge is 2.34. The van der Waals surface area contributed by atoms with Gasteiger partial charge in [0.15, 0.2) is 6.04 Å². The molecule has 112 valence electrons. The normalized spacial score (nSPS) is 20.0. The third-order valence-corrected chi connectivity index (χ3v) is 4.00. The molecule has 2 heterocycles. The van der Waals surface area contributed by atoms with Crippen molar-refractivity contribution in [1.82, 2.24) is 19.4 Å². The average Bonchev–Trinajstić information content (AvgIpc) is 2.75.